The lowest BCUT2D eigenvalue weighted by Gasteiger charge is -2.21. The first-order valence-electron chi connectivity index (χ1n) is 6.60. The highest BCUT2D eigenvalue weighted by atomic mass is 35.5. The minimum Gasteiger partial charge on any atom is -0.396 e. The van der Waals surface area contributed by atoms with Crippen LogP contribution in [-0.4, -0.2) is 11.7 Å². The third-order valence-electron chi connectivity index (χ3n) is 3.88. The molecular formula is C15H19ClFNO. The first-order chi connectivity index (χ1) is 9.13. The molecule has 2 N–H and O–H groups in total. The van der Waals surface area contributed by atoms with Crippen molar-refractivity contribution in [3.63, 3.8) is 0 Å². The maximum absolute atomic E-state index is 13.7. The largest absolute Gasteiger partial charge is 0.396 e. The number of benzene rings is 1. The number of nitrogens with one attached hydrogen (secondary N) is 1. The van der Waals surface area contributed by atoms with Gasteiger partial charge in [-0.2, -0.15) is 0 Å². The van der Waals surface area contributed by atoms with E-state index < -0.39 is 0 Å². The number of hydrogen-bond acceptors (Lipinski definition) is 2. The Labute approximate surface area is 118 Å². The van der Waals surface area contributed by atoms with E-state index in [1.54, 1.807) is 12.1 Å². The van der Waals surface area contributed by atoms with Crippen molar-refractivity contribution < 1.29 is 9.50 Å². The molecule has 0 aromatic heterocycles. The van der Waals surface area contributed by atoms with E-state index in [-0.39, 0.29) is 29.3 Å². The van der Waals surface area contributed by atoms with Crippen LogP contribution in [0.4, 0.5) is 4.39 Å². The summed E-state index contributed by atoms with van der Waals surface area (Å²) in [6.07, 6.45) is 3.19. The lowest BCUT2D eigenvalue weighted by molar-refractivity contribution is 0.204. The second kappa shape index (κ2) is 6.40. The Hall–Kier alpha value is -1.06. The monoisotopic (exact) mass is 283 g/mol. The lowest BCUT2D eigenvalue weighted by Crippen LogP contribution is -2.24. The molecule has 1 aromatic rings. The molecule has 0 aliphatic heterocycles. The zero-order chi connectivity index (χ0) is 13.8. The molecule has 1 aliphatic rings. The second-order valence-electron chi connectivity index (χ2n) is 5.07. The molecule has 0 heterocycles. The van der Waals surface area contributed by atoms with Gasteiger partial charge in [-0.05, 0) is 24.8 Å². The van der Waals surface area contributed by atoms with Crippen LogP contribution in [0.3, 0.4) is 0 Å². The minimum absolute atomic E-state index is 0.138. The fourth-order valence-electron chi connectivity index (χ4n) is 2.74. The van der Waals surface area contributed by atoms with Crippen LogP contribution in [0.5, 0.6) is 0 Å². The van der Waals surface area contributed by atoms with Crippen molar-refractivity contribution in [2.45, 2.75) is 25.8 Å². The quantitative estimate of drug-likeness (QED) is 0.867. The van der Waals surface area contributed by atoms with E-state index >= 15 is 0 Å². The molecule has 0 saturated heterocycles. The zero-order valence-electron chi connectivity index (χ0n) is 10.8. The highest BCUT2D eigenvalue weighted by Crippen LogP contribution is 2.35. The van der Waals surface area contributed by atoms with Gasteiger partial charge in [0.1, 0.15) is 5.82 Å². The highest BCUT2D eigenvalue weighted by Gasteiger charge is 2.28. The maximum Gasteiger partial charge on any atom is 0.146 e. The van der Waals surface area contributed by atoms with Gasteiger partial charge in [-0.3, -0.25) is 0 Å². The van der Waals surface area contributed by atoms with Gasteiger partial charge in [0.25, 0.3) is 0 Å². The number of halogens is 2. The van der Waals surface area contributed by atoms with Crippen LogP contribution in [0.1, 0.15) is 24.8 Å². The molecule has 2 atom stereocenters. The predicted octanol–water partition coefficient (Wildman–Crippen LogP) is 3.49. The minimum atomic E-state index is -0.380. The van der Waals surface area contributed by atoms with Crippen molar-refractivity contribution >= 4 is 11.6 Å². The Morgan fingerprint density at radius 3 is 3.00 bits per heavy atom. The SMILES string of the molecule is C=C(NCc1cccc(Cl)c1F)[C@@H]1CCC[C@H]1CO. The standard InChI is InChI=1S/C15H19ClFNO/c1-10(13-6-2-5-12(13)9-19)18-8-11-4-3-7-14(16)15(11)17/h3-4,7,12-13,18-19H,1-2,5-6,8-9H2/t12-,13-/m0/s1. The van der Waals surface area contributed by atoms with Gasteiger partial charge in [0.05, 0.1) is 5.02 Å². The van der Waals surface area contributed by atoms with Crippen LogP contribution in [0.2, 0.25) is 5.02 Å². The van der Waals surface area contributed by atoms with Crippen molar-refractivity contribution in [2.75, 3.05) is 6.61 Å². The summed E-state index contributed by atoms with van der Waals surface area (Å²) >= 11 is 5.74. The van der Waals surface area contributed by atoms with Gasteiger partial charge in [0.2, 0.25) is 0 Å². The number of hydrogen-bond donors (Lipinski definition) is 2. The first kappa shape index (κ1) is 14.4. The molecule has 0 spiro atoms. The van der Waals surface area contributed by atoms with Gasteiger partial charge < -0.3 is 10.4 Å². The van der Waals surface area contributed by atoms with Crippen molar-refractivity contribution in [3.8, 4) is 0 Å². The van der Waals surface area contributed by atoms with E-state index in [4.69, 9.17) is 11.6 Å². The summed E-state index contributed by atoms with van der Waals surface area (Å²) in [6.45, 7) is 4.59. The molecule has 0 bridgehead atoms. The third-order valence-corrected chi connectivity index (χ3v) is 4.17. The number of aliphatic hydroxyl groups is 1. The van der Waals surface area contributed by atoms with E-state index in [2.05, 4.69) is 11.9 Å². The van der Waals surface area contributed by atoms with E-state index in [0.29, 0.717) is 12.1 Å². The summed E-state index contributed by atoms with van der Waals surface area (Å²) in [5.41, 5.74) is 1.42. The maximum atomic E-state index is 13.7. The lowest BCUT2D eigenvalue weighted by atomic mass is 9.94. The Kier molecular flexibility index (Phi) is 4.83. The van der Waals surface area contributed by atoms with Crippen LogP contribution in [0, 0.1) is 17.7 Å². The molecule has 2 nitrogen and oxygen atoms in total. The average molecular weight is 284 g/mol. The normalized spacial score (nSPS) is 22.5. The predicted molar refractivity (Wildman–Crippen MR) is 75.3 cm³/mol. The summed E-state index contributed by atoms with van der Waals surface area (Å²) < 4.78 is 13.7. The molecule has 4 heteroatoms. The van der Waals surface area contributed by atoms with Crippen LogP contribution >= 0.6 is 11.6 Å². The Morgan fingerprint density at radius 1 is 1.47 bits per heavy atom. The molecule has 0 radical (unpaired) electrons. The smallest absolute Gasteiger partial charge is 0.146 e. The summed E-state index contributed by atoms with van der Waals surface area (Å²) in [7, 11) is 0. The van der Waals surface area contributed by atoms with Gasteiger partial charge in [0.15, 0.2) is 0 Å². The molecule has 0 unspecified atom stereocenters. The van der Waals surface area contributed by atoms with Gasteiger partial charge in [-0.25, -0.2) is 4.39 Å². The summed E-state index contributed by atoms with van der Waals surface area (Å²) in [4.78, 5) is 0. The highest BCUT2D eigenvalue weighted by molar-refractivity contribution is 6.30. The van der Waals surface area contributed by atoms with Crippen molar-refractivity contribution in [2.24, 2.45) is 11.8 Å². The second-order valence-corrected chi connectivity index (χ2v) is 5.48. The molecule has 2 rings (SSSR count). The summed E-state index contributed by atoms with van der Waals surface area (Å²) in [5, 5.41) is 12.6. The summed E-state index contributed by atoms with van der Waals surface area (Å²) in [6, 6.07) is 4.98. The van der Waals surface area contributed by atoms with Gasteiger partial charge in [-0.15, -0.1) is 0 Å². The molecule has 1 fully saturated rings. The van der Waals surface area contributed by atoms with E-state index in [1.165, 1.54) is 6.07 Å². The first-order valence-corrected chi connectivity index (χ1v) is 6.97. The number of aliphatic hydroxyl groups excluding tert-OH is 1. The molecule has 1 aliphatic carbocycles. The van der Waals surface area contributed by atoms with Crippen molar-refractivity contribution in [3.05, 3.63) is 46.9 Å². The summed E-state index contributed by atoms with van der Waals surface area (Å²) in [5.74, 6) is 0.186. The van der Waals surface area contributed by atoms with Gasteiger partial charge >= 0.3 is 0 Å². The van der Waals surface area contributed by atoms with Crippen molar-refractivity contribution in [1.82, 2.24) is 5.32 Å². The third kappa shape index (κ3) is 3.28. The van der Waals surface area contributed by atoms with E-state index in [0.717, 1.165) is 25.0 Å². The Balaban J connectivity index is 1.95. The average Bonchev–Trinajstić information content (AvgIpc) is 2.88. The zero-order valence-corrected chi connectivity index (χ0v) is 11.6. The Bertz CT molecular complexity index is 463. The number of allylic oxidation sites excluding steroid dienone is 1. The van der Waals surface area contributed by atoms with Gasteiger partial charge in [-0.1, -0.05) is 36.7 Å². The van der Waals surface area contributed by atoms with Crippen LogP contribution in [0.15, 0.2) is 30.5 Å². The molecule has 0 amide bonds. The van der Waals surface area contributed by atoms with Crippen LogP contribution in [0.25, 0.3) is 0 Å². The van der Waals surface area contributed by atoms with E-state index in [1.807, 2.05) is 0 Å². The molecule has 104 valence electrons. The molecule has 1 saturated carbocycles. The van der Waals surface area contributed by atoms with Gasteiger partial charge in [0, 0.05) is 30.3 Å². The molecule has 19 heavy (non-hydrogen) atoms. The fourth-order valence-corrected chi connectivity index (χ4v) is 2.93. The fraction of sp³-hybridized carbons (Fsp3) is 0.467. The van der Waals surface area contributed by atoms with E-state index in [9.17, 15) is 9.50 Å². The number of rotatable bonds is 5. The van der Waals surface area contributed by atoms with Crippen LogP contribution in [-0.2, 0) is 6.54 Å². The van der Waals surface area contributed by atoms with Crippen molar-refractivity contribution in [1.29, 1.82) is 0 Å². The topological polar surface area (TPSA) is 32.3 Å². The van der Waals surface area contributed by atoms with Crippen LogP contribution < -0.4 is 5.32 Å². The molecule has 1 aromatic carbocycles. The molecular weight excluding hydrogens is 265 g/mol. The Morgan fingerprint density at radius 2 is 2.26 bits per heavy atom.